The van der Waals surface area contributed by atoms with Crippen LogP contribution in [0.3, 0.4) is 0 Å². The zero-order valence-corrected chi connectivity index (χ0v) is 15.4. The maximum atomic E-state index is 13.5. The number of nitrogens with one attached hydrogen (secondary N) is 2. The first-order chi connectivity index (χ1) is 13.4. The standard InChI is InChI=1S/C17H14FN7O2S/c1-28(26,27)23-13-6-3-5-12(9-13)20-17-19-10-15-16(21-17)25(24-22-15)14-7-2-4-11(18)8-14/h2-10,23H,1H3,(H,19,20,21). The first-order valence-corrected chi connectivity index (χ1v) is 9.96. The van der Waals surface area contributed by atoms with Crippen LogP contribution in [0, 0.1) is 5.82 Å². The van der Waals surface area contributed by atoms with Gasteiger partial charge in [-0.1, -0.05) is 17.3 Å². The van der Waals surface area contributed by atoms with Gasteiger partial charge in [0, 0.05) is 5.69 Å². The lowest BCUT2D eigenvalue weighted by Crippen LogP contribution is -2.09. The summed E-state index contributed by atoms with van der Waals surface area (Å²) in [5.74, 6) is -0.146. The van der Waals surface area contributed by atoms with Gasteiger partial charge in [-0.05, 0) is 36.4 Å². The van der Waals surface area contributed by atoms with E-state index in [0.717, 1.165) is 6.26 Å². The molecule has 2 aromatic heterocycles. The van der Waals surface area contributed by atoms with Crippen molar-refractivity contribution in [3.8, 4) is 5.69 Å². The predicted octanol–water partition coefficient (Wildman–Crippen LogP) is 2.46. The van der Waals surface area contributed by atoms with Gasteiger partial charge in [-0.15, -0.1) is 5.10 Å². The minimum atomic E-state index is -3.39. The number of aromatic nitrogens is 5. The van der Waals surface area contributed by atoms with Crippen molar-refractivity contribution in [3.63, 3.8) is 0 Å². The molecule has 0 fully saturated rings. The summed E-state index contributed by atoms with van der Waals surface area (Å²) in [6.45, 7) is 0. The molecule has 4 aromatic rings. The van der Waals surface area contributed by atoms with E-state index in [4.69, 9.17) is 0 Å². The van der Waals surface area contributed by atoms with E-state index in [1.807, 2.05) is 0 Å². The van der Waals surface area contributed by atoms with Crippen molar-refractivity contribution < 1.29 is 12.8 Å². The number of anilines is 3. The molecule has 0 radical (unpaired) electrons. The molecule has 0 aliphatic rings. The van der Waals surface area contributed by atoms with Gasteiger partial charge in [-0.3, -0.25) is 4.72 Å². The van der Waals surface area contributed by atoms with Crippen LogP contribution in [0.2, 0.25) is 0 Å². The zero-order valence-electron chi connectivity index (χ0n) is 14.5. The number of halogens is 1. The number of hydrogen-bond acceptors (Lipinski definition) is 7. The summed E-state index contributed by atoms with van der Waals surface area (Å²) >= 11 is 0. The van der Waals surface area contributed by atoms with Crippen LogP contribution in [-0.4, -0.2) is 39.6 Å². The van der Waals surface area contributed by atoms with Gasteiger partial charge in [-0.2, -0.15) is 9.67 Å². The third-order valence-electron chi connectivity index (χ3n) is 3.67. The molecule has 0 aliphatic heterocycles. The van der Waals surface area contributed by atoms with Gasteiger partial charge in [0.25, 0.3) is 0 Å². The molecule has 0 spiro atoms. The van der Waals surface area contributed by atoms with Crippen LogP contribution in [0.25, 0.3) is 16.9 Å². The Bertz CT molecular complexity index is 1270. The van der Waals surface area contributed by atoms with Gasteiger partial charge >= 0.3 is 0 Å². The average Bonchev–Trinajstić information content (AvgIpc) is 3.04. The fourth-order valence-electron chi connectivity index (χ4n) is 2.57. The van der Waals surface area contributed by atoms with Gasteiger partial charge in [0.05, 0.1) is 23.8 Å². The van der Waals surface area contributed by atoms with E-state index in [-0.39, 0.29) is 5.95 Å². The molecule has 0 unspecified atom stereocenters. The van der Waals surface area contributed by atoms with Gasteiger partial charge in [0.15, 0.2) is 11.2 Å². The van der Waals surface area contributed by atoms with Crippen LogP contribution in [0.1, 0.15) is 0 Å². The molecule has 142 valence electrons. The van der Waals surface area contributed by atoms with Gasteiger partial charge in [-0.25, -0.2) is 17.8 Å². The third kappa shape index (κ3) is 3.88. The fourth-order valence-corrected chi connectivity index (χ4v) is 3.13. The molecule has 9 nitrogen and oxygen atoms in total. The molecule has 4 rings (SSSR count). The lowest BCUT2D eigenvalue weighted by Gasteiger charge is -2.08. The van der Waals surface area contributed by atoms with E-state index < -0.39 is 15.8 Å². The van der Waals surface area contributed by atoms with Crippen molar-refractivity contribution in [2.45, 2.75) is 0 Å². The number of sulfonamides is 1. The van der Waals surface area contributed by atoms with Crippen LogP contribution in [0.15, 0.2) is 54.7 Å². The second-order valence-electron chi connectivity index (χ2n) is 5.96. The summed E-state index contributed by atoms with van der Waals surface area (Å²) in [4.78, 5) is 8.58. The average molecular weight is 399 g/mol. The fraction of sp³-hybridized carbons (Fsp3) is 0.0588. The smallest absolute Gasteiger partial charge is 0.229 e. The number of rotatable bonds is 5. The van der Waals surface area contributed by atoms with Crippen LogP contribution in [-0.2, 0) is 10.0 Å². The zero-order chi connectivity index (χ0) is 19.7. The summed E-state index contributed by atoms with van der Waals surface area (Å²) in [7, 11) is -3.39. The minimum absolute atomic E-state index is 0.254. The number of fused-ring (bicyclic) bond motifs is 1. The third-order valence-corrected chi connectivity index (χ3v) is 4.27. The molecule has 28 heavy (non-hydrogen) atoms. The Hall–Kier alpha value is -3.60. The van der Waals surface area contributed by atoms with E-state index in [1.54, 1.807) is 36.4 Å². The normalized spacial score (nSPS) is 11.5. The first-order valence-electron chi connectivity index (χ1n) is 8.07. The Morgan fingerprint density at radius 2 is 1.86 bits per heavy atom. The largest absolute Gasteiger partial charge is 0.324 e. The lowest BCUT2D eigenvalue weighted by molar-refractivity contribution is 0.607. The second kappa shape index (κ2) is 6.85. The number of hydrogen-bond donors (Lipinski definition) is 2. The van der Waals surface area contributed by atoms with Crippen molar-refractivity contribution in [3.05, 3.63) is 60.5 Å². The Morgan fingerprint density at radius 1 is 1.07 bits per heavy atom. The van der Waals surface area contributed by atoms with E-state index in [2.05, 4.69) is 30.3 Å². The molecule has 0 amide bonds. The second-order valence-corrected chi connectivity index (χ2v) is 7.71. The molecule has 11 heteroatoms. The SMILES string of the molecule is CS(=O)(=O)Nc1cccc(Nc2ncc3nnn(-c4cccc(F)c4)c3n2)c1. The highest BCUT2D eigenvalue weighted by Gasteiger charge is 2.11. The molecule has 0 bridgehead atoms. The monoisotopic (exact) mass is 399 g/mol. The highest BCUT2D eigenvalue weighted by atomic mass is 32.2. The number of benzene rings is 2. The lowest BCUT2D eigenvalue weighted by atomic mass is 10.3. The molecule has 0 aliphatic carbocycles. The highest BCUT2D eigenvalue weighted by Crippen LogP contribution is 2.21. The predicted molar refractivity (Wildman–Crippen MR) is 103 cm³/mol. The molecular weight excluding hydrogens is 385 g/mol. The summed E-state index contributed by atoms with van der Waals surface area (Å²) in [6, 6.07) is 12.6. The van der Waals surface area contributed by atoms with Crippen LogP contribution >= 0.6 is 0 Å². The van der Waals surface area contributed by atoms with E-state index in [1.165, 1.54) is 23.0 Å². The van der Waals surface area contributed by atoms with Gasteiger partial charge < -0.3 is 5.32 Å². The molecule has 2 N–H and O–H groups in total. The molecule has 2 aromatic carbocycles. The Morgan fingerprint density at radius 3 is 2.64 bits per heavy atom. The van der Waals surface area contributed by atoms with Gasteiger partial charge in [0.2, 0.25) is 16.0 Å². The molecule has 2 heterocycles. The van der Waals surface area contributed by atoms with Crippen molar-refractivity contribution in [1.29, 1.82) is 0 Å². The van der Waals surface area contributed by atoms with Crippen LogP contribution in [0.4, 0.5) is 21.7 Å². The van der Waals surface area contributed by atoms with Gasteiger partial charge in [0.1, 0.15) is 5.82 Å². The summed E-state index contributed by atoms with van der Waals surface area (Å²) in [6.07, 6.45) is 2.57. The van der Waals surface area contributed by atoms with Crippen molar-refractivity contribution in [1.82, 2.24) is 25.0 Å². The van der Waals surface area contributed by atoms with Crippen molar-refractivity contribution in [2.24, 2.45) is 0 Å². The van der Waals surface area contributed by atoms with E-state index in [9.17, 15) is 12.8 Å². The maximum absolute atomic E-state index is 13.5. The molecule has 0 saturated carbocycles. The van der Waals surface area contributed by atoms with Crippen molar-refractivity contribution >= 4 is 38.5 Å². The molecule has 0 saturated heterocycles. The topological polar surface area (TPSA) is 115 Å². The van der Waals surface area contributed by atoms with Crippen LogP contribution < -0.4 is 10.0 Å². The minimum Gasteiger partial charge on any atom is -0.324 e. The molecular formula is C17H14FN7O2S. The van der Waals surface area contributed by atoms with Crippen LogP contribution in [0.5, 0.6) is 0 Å². The Balaban J connectivity index is 1.67. The Kier molecular flexibility index (Phi) is 4.35. The maximum Gasteiger partial charge on any atom is 0.229 e. The Labute approximate surface area is 159 Å². The molecule has 0 atom stereocenters. The highest BCUT2D eigenvalue weighted by molar-refractivity contribution is 7.92. The van der Waals surface area contributed by atoms with E-state index in [0.29, 0.717) is 28.2 Å². The summed E-state index contributed by atoms with van der Waals surface area (Å²) < 4.78 is 40.1. The quantitative estimate of drug-likeness (QED) is 0.530. The summed E-state index contributed by atoms with van der Waals surface area (Å²) in [5, 5.41) is 11.0. The number of nitrogens with zero attached hydrogens (tertiary/aromatic N) is 5. The summed E-state index contributed by atoms with van der Waals surface area (Å²) in [5.41, 5.74) is 2.31. The van der Waals surface area contributed by atoms with Crippen molar-refractivity contribution in [2.75, 3.05) is 16.3 Å². The first kappa shape index (κ1) is 17.8. The van der Waals surface area contributed by atoms with E-state index >= 15 is 0 Å².